The van der Waals surface area contributed by atoms with Crippen LogP contribution in [0.2, 0.25) is 0 Å². The van der Waals surface area contributed by atoms with E-state index in [4.69, 9.17) is 9.15 Å². The summed E-state index contributed by atoms with van der Waals surface area (Å²) in [5, 5.41) is 10.7. The number of aromatic nitrogens is 2. The predicted molar refractivity (Wildman–Crippen MR) is 137 cm³/mol. The first-order valence-electron chi connectivity index (χ1n) is 11.8. The van der Waals surface area contributed by atoms with Crippen LogP contribution < -0.4 is 56.3 Å². The molecule has 1 amide bonds. The number of carbonyl (C=O) groups is 2. The van der Waals surface area contributed by atoms with Crippen LogP contribution in [0.3, 0.4) is 0 Å². The minimum atomic E-state index is -1.15. The Bertz CT molecular complexity index is 1420. The number of carboxylic acids is 1. The summed E-state index contributed by atoms with van der Waals surface area (Å²) < 4.78 is 11.5. The van der Waals surface area contributed by atoms with Crippen LogP contribution in [0.4, 0.5) is 10.5 Å². The number of nitrogens with one attached hydrogen (secondary N) is 1. The van der Waals surface area contributed by atoms with E-state index in [0.29, 0.717) is 31.7 Å². The number of oxazole rings is 1. The Morgan fingerprint density at radius 2 is 1.76 bits per heavy atom. The van der Waals surface area contributed by atoms with Crippen LogP contribution in [0.5, 0.6) is 0 Å². The summed E-state index contributed by atoms with van der Waals surface area (Å²) in [5.74, 6) is -0.676. The summed E-state index contributed by atoms with van der Waals surface area (Å²) in [6, 6.07) is 15.1. The Morgan fingerprint density at radius 3 is 2.41 bits per heavy atom. The Morgan fingerprint density at radius 1 is 1.05 bits per heavy atom. The molecule has 9 nitrogen and oxygen atoms in total. The summed E-state index contributed by atoms with van der Waals surface area (Å²) in [7, 11) is 0. The summed E-state index contributed by atoms with van der Waals surface area (Å²) in [4.78, 5) is 35.6. The zero-order valence-corrected chi connectivity index (χ0v) is 24.6. The van der Waals surface area contributed by atoms with Crippen LogP contribution in [0.15, 0.2) is 59.1 Å². The summed E-state index contributed by atoms with van der Waals surface area (Å²) >= 11 is 0. The number of rotatable bonds is 4. The van der Waals surface area contributed by atoms with Gasteiger partial charge in [-0.25, -0.2) is 14.6 Å². The molecule has 2 aromatic heterocycles. The number of anilines is 1. The Hall–Kier alpha value is -2.63. The Balaban J connectivity index is 0.00000200. The number of piperazine rings is 1. The molecule has 2 aromatic carbocycles. The van der Waals surface area contributed by atoms with E-state index in [-0.39, 0.29) is 76.2 Å². The molecule has 4 aromatic rings. The summed E-state index contributed by atoms with van der Waals surface area (Å²) in [6.07, 6.45) is 1.53. The molecule has 1 aliphatic heterocycles. The fourth-order valence-electron chi connectivity index (χ4n) is 4.35. The average molecular weight is 529 g/mol. The van der Waals surface area contributed by atoms with Gasteiger partial charge < -0.3 is 30.5 Å². The van der Waals surface area contributed by atoms with Gasteiger partial charge in [0.05, 0.1) is 0 Å². The predicted octanol–water partition coefficient (Wildman–Crippen LogP) is 2.36. The third kappa shape index (κ3) is 5.94. The van der Waals surface area contributed by atoms with Crippen molar-refractivity contribution in [3.63, 3.8) is 0 Å². The number of aromatic amines is 1. The standard InChI is InChI=1S/C27H28N4O5.K.H/c1-27(2,3)36-26(34)31-15-13-30(14-16-31)18-9-7-17(8-10-18)23-22(25(32)33)29-24(35-23)20-5-4-6-21-19(20)11-12-28-21;;/h4-12,28H,13-16H2,1-3H3,(H,32,33);;/q;+1;-1. The quantitative estimate of drug-likeness (QED) is 0.391. The second-order valence-corrected chi connectivity index (χ2v) is 9.75. The number of nitrogens with zero attached hydrogens (tertiary/aromatic N) is 3. The molecule has 0 radical (unpaired) electrons. The molecule has 188 valence electrons. The SMILES string of the molecule is CC(C)(C)OC(=O)N1CCN(c2ccc(-c3oc(-c4cccc5[nH]ccc45)nc3C(=O)O)cc2)CC1.[H-].[K+]. The molecule has 1 aliphatic rings. The number of amides is 1. The van der Waals surface area contributed by atoms with E-state index in [1.54, 1.807) is 4.90 Å². The van der Waals surface area contributed by atoms with Crippen molar-refractivity contribution in [1.82, 2.24) is 14.9 Å². The Labute approximate surface area is 258 Å². The maximum absolute atomic E-state index is 12.3. The van der Waals surface area contributed by atoms with E-state index >= 15 is 0 Å². The zero-order valence-electron chi connectivity index (χ0n) is 22.4. The molecule has 0 bridgehead atoms. The fraction of sp³-hybridized carbons (Fsp3) is 0.296. The van der Waals surface area contributed by atoms with Crippen LogP contribution in [0.25, 0.3) is 33.7 Å². The molecule has 0 unspecified atom stereocenters. The first-order chi connectivity index (χ1) is 17.2. The van der Waals surface area contributed by atoms with E-state index < -0.39 is 11.6 Å². The third-order valence-electron chi connectivity index (χ3n) is 6.08. The summed E-state index contributed by atoms with van der Waals surface area (Å²) in [5.41, 5.74) is 2.60. The largest absolute Gasteiger partial charge is 1.00 e. The minimum absolute atomic E-state index is 0. The Kier molecular flexibility index (Phi) is 8.15. The van der Waals surface area contributed by atoms with Gasteiger partial charge in [0.2, 0.25) is 5.89 Å². The molecule has 2 N–H and O–H groups in total. The van der Waals surface area contributed by atoms with Crippen LogP contribution in [0.1, 0.15) is 32.7 Å². The molecule has 0 atom stereocenters. The molecule has 37 heavy (non-hydrogen) atoms. The zero-order chi connectivity index (χ0) is 25.4. The van der Waals surface area contributed by atoms with Gasteiger partial charge in [-0.3, -0.25) is 0 Å². The van der Waals surface area contributed by atoms with Crippen molar-refractivity contribution in [2.75, 3.05) is 31.1 Å². The number of fused-ring (bicyclic) bond motifs is 1. The monoisotopic (exact) mass is 528 g/mol. The van der Waals surface area contributed by atoms with Crippen molar-refractivity contribution in [2.24, 2.45) is 0 Å². The fourth-order valence-corrected chi connectivity index (χ4v) is 4.35. The maximum Gasteiger partial charge on any atom is 1.00 e. The average Bonchev–Trinajstić information content (AvgIpc) is 3.51. The van der Waals surface area contributed by atoms with Crippen LogP contribution in [-0.4, -0.2) is 63.8 Å². The van der Waals surface area contributed by atoms with Crippen LogP contribution in [-0.2, 0) is 4.74 Å². The van der Waals surface area contributed by atoms with Crippen molar-refractivity contribution >= 4 is 28.7 Å². The second kappa shape index (κ2) is 11.0. The normalized spacial score (nSPS) is 13.9. The second-order valence-electron chi connectivity index (χ2n) is 9.75. The van der Waals surface area contributed by atoms with Gasteiger partial charge in [-0.2, -0.15) is 0 Å². The summed E-state index contributed by atoms with van der Waals surface area (Å²) in [6.45, 7) is 8.05. The number of carboxylic acid groups (broad SMARTS) is 1. The smallest absolute Gasteiger partial charge is 1.00 e. The van der Waals surface area contributed by atoms with Gasteiger partial charge in [0.15, 0.2) is 11.5 Å². The number of hydrogen-bond donors (Lipinski definition) is 2. The van der Waals surface area contributed by atoms with Crippen LogP contribution >= 0.6 is 0 Å². The first-order valence-corrected chi connectivity index (χ1v) is 11.8. The molecule has 1 saturated heterocycles. The number of hydrogen-bond acceptors (Lipinski definition) is 6. The van der Waals surface area contributed by atoms with E-state index in [0.717, 1.165) is 22.2 Å². The van der Waals surface area contributed by atoms with Gasteiger partial charge in [0, 0.05) is 60.1 Å². The van der Waals surface area contributed by atoms with E-state index in [1.165, 1.54) is 0 Å². The third-order valence-corrected chi connectivity index (χ3v) is 6.08. The number of benzene rings is 2. The molecular formula is C27H29KN4O5. The van der Waals surface area contributed by atoms with Gasteiger partial charge in [-0.1, -0.05) is 6.07 Å². The minimum Gasteiger partial charge on any atom is -1.00 e. The molecule has 3 heterocycles. The number of ether oxygens (including phenoxy) is 1. The molecular weight excluding hydrogens is 499 g/mol. The molecule has 1 fully saturated rings. The number of aromatic carboxylic acids is 1. The first kappa shape index (κ1) is 27.4. The van der Waals surface area contributed by atoms with E-state index in [9.17, 15) is 14.7 Å². The molecule has 5 rings (SSSR count). The van der Waals surface area contributed by atoms with E-state index in [2.05, 4.69) is 14.9 Å². The molecule has 10 heteroatoms. The molecule has 0 saturated carbocycles. The number of H-pyrrole nitrogens is 1. The van der Waals surface area contributed by atoms with Gasteiger partial charge in [-0.15, -0.1) is 0 Å². The maximum atomic E-state index is 12.3. The van der Waals surface area contributed by atoms with Gasteiger partial charge >= 0.3 is 63.4 Å². The van der Waals surface area contributed by atoms with Crippen molar-refractivity contribution in [2.45, 2.75) is 26.4 Å². The van der Waals surface area contributed by atoms with Gasteiger partial charge in [0.25, 0.3) is 0 Å². The van der Waals surface area contributed by atoms with Crippen molar-refractivity contribution in [3.8, 4) is 22.8 Å². The van der Waals surface area contributed by atoms with Crippen molar-refractivity contribution < 1.29 is 76.7 Å². The van der Waals surface area contributed by atoms with Crippen molar-refractivity contribution in [3.05, 3.63) is 60.4 Å². The van der Waals surface area contributed by atoms with Crippen LogP contribution in [0, 0.1) is 0 Å². The van der Waals surface area contributed by atoms with Gasteiger partial charge in [-0.05, 0) is 63.2 Å². The molecule has 0 aliphatic carbocycles. The number of carbonyl (C=O) groups excluding carboxylic acids is 1. The topological polar surface area (TPSA) is 112 Å². The van der Waals surface area contributed by atoms with Crippen molar-refractivity contribution in [1.29, 1.82) is 0 Å². The van der Waals surface area contributed by atoms with Gasteiger partial charge in [0.1, 0.15) is 5.60 Å². The van der Waals surface area contributed by atoms with E-state index in [1.807, 2.05) is 75.5 Å². The molecule has 0 spiro atoms.